The van der Waals surface area contributed by atoms with Gasteiger partial charge in [-0.1, -0.05) is 18.2 Å². The normalized spacial score (nSPS) is 10.8. The number of para-hydroxylation sites is 1. The maximum absolute atomic E-state index is 13.0. The second kappa shape index (κ2) is 5.50. The molecule has 0 fully saturated rings. The van der Waals surface area contributed by atoms with Crippen LogP contribution >= 0.6 is 0 Å². The van der Waals surface area contributed by atoms with Gasteiger partial charge in [0.05, 0.1) is 18.0 Å². The fourth-order valence-electron chi connectivity index (χ4n) is 2.32. The predicted octanol–water partition coefficient (Wildman–Crippen LogP) is 3.48. The Balaban J connectivity index is 2.11. The molecule has 106 valence electrons. The smallest absolute Gasteiger partial charge is 0.123 e. The Morgan fingerprint density at radius 3 is 2.48 bits per heavy atom. The molecule has 0 aliphatic heterocycles. The summed E-state index contributed by atoms with van der Waals surface area (Å²) in [6, 6.07) is 14.0. The van der Waals surface area contributed by atoms with E-state index in [1.54, 1.807) is 23.0 Å². The standard InChI is InChI=1S/C17H15FN2O/c1-12-4-2-3-5-16(12)20-10-14(11-21)17(19-20)13-6-8-15(18)9-7-13/h2-10,21H,11H2,1H3. The molecule has 3 rings (SSSR count). The largest absolute Gasteiger partial charge is 0.392 e. The summed E-state index contributed by atoms with van der Waals surface area (Å²) in [5.41, 5.74) is 4.22. The monoisotopic (exact) mass is 282 g/mol. The Morgan fingerprint density at radius 1 is 1.10 bits per heavy atom. The SMILES string of the molecule is Cc1ccccc1-n1cc(CO)c(-c2ccc(F)cc2)n1. The Hall–Kier alpha value is -2.46. The van der Waals surface area contributed by atoms with Gasteiger partial charge in [-0.15, -0.1) is 0 Å². The topological polar surface area (TPSA) is 38.0 Å². The van der Waals surface area contributed by atoms with Gasteiger partial charge in [0.15, 0.2) is 0 Å². The van der Waals surface area contributed by atoms with Crippen molar-refractivity contribution in [2.75, 3.05) is 0 Å². The van der Waals surface area contributed by atoms with Gasteiger partial charge in [-0.25, -0.2) is 9.07 Å². The molecule has 1 N–H and O–H groups in total. The molecule has 0 amide bonds. The van der Waals surface area contributed by atoms with Crippen molar-refractivity contribution in [1.29, 1.82) is 0 Å². The molecule has 1 heterocycles. The zero-order valence-electron chi connectivity index (χ0n) is 11.6. The summed E-state index contributed by atoms with van der Waals surface area (Å²) in [6.07, 6.45) is 1.81. The van der Waals surface area contributed by atoms with Crippen LogP contribution in [-0.2, 0) is 6.61 Å². The first-order valence-corrected chi connectivity index (χ1v) is 6.70. The van der Waals surface area contributed by atoms with E-state index in [0.29, 0.717) is 11.3 Å². The zero-order valence-corrected chi connectivity index (χ0v) is 11.6. The van der Waals surface area contributed by atoms with E-state index >= 15 is 0 Å². The summed E-state index contributed by atoms with van der Waals surface area (Å²) in [5, 5.41) is 14.1. The molecule has 0 aliphatic carbocycles. The maximum Gasteiger partial charge on any atom is 0.123 e. The lowest BCUT2D eigenvalue weighted by atomic mass is 10.1. The second-order valence-electron chi connectivity index (χ2n) is 4.90. The van der Waals surface area contributed by atoms with Gasteiger partial charge in [0, 0.05) is 17.3 Å². The molecule has 21 heavy (non-hydrogen) atoms. The number of aliphatic hydroxyl groups is 1. The van der Waals surface area contributed by atoms with Crippen molar-refractivity contribution in [2.45, 2.75) is 13.5 Å². The third kappa shape index (κ3) is 2.58. The minimum atomic E-state index is -0.289. The lowest BCUT2D eigenvalue weighted by Gasteiger charge is -2.04. The van der Waals surface area contributed by atoms with E-state index in [1.807, 2.05) is 31.2 Å². The van der Waals surface area contributed by atoms with Gasteiger partial charge in [-0.3, -0.25) is 0 Å². The molecule has 0 radical (unpaired) electrons. The molecule has 0 spiro atoms. The summed E-state index contributed by atoms with van der Waals surface area (Å²) in [5.74, 6) is -0.289. The van der Waals surface area contributed by atoms with Gasteiger partial charge < -0.3 is 5.11 Å². The molecule has 1 aromatic heterocycles. The minimum Gasteiger partial charge on any atom is -0.392 e. The van der Waals surface area contributed by atoms with Crippen LogP contribution in [0.15, 0.2) is 54.7 Å². The van der Waals surface area contributed by atoms with E-state index in [2.05, 4.69) is 5.10 Å². The number of aliphatic hydroxyl groups excluding tert-OH is 1. The first-order valence-electron chi connectivity index (χ1n) is 6.70. The van der Waals surface area contributed by atoms with Crippen molar-refractivity contribution in [2.24, 2.45) is 0 Å². The molecule has 3 nitrogen and oxygen atoms in total. The molecule has 0 saturated carbocycles. The first kappa shape index (κ1) is 13.5. The van der Waals surface area contributed by atoms with Crippen molar-refractivity contribution in [3.8, 4) is 16.9 Å². The highest BCUT2D eigenvalue weighted by molar-refractivity contribution is 5.63. The van der Waals surface area contributed by atoms with Crippen LogP contribution in [0.5, 0.6) is 0 Å². The van der Waals surface area contributed by atoms with Crippen LogP contribution in [0.25, 0.3) is 16.9 Å². The van der Waals surface area contributed by atoms with Crippen LogP contribution in [0.3, 0.4) is 0 Å². The highest BCUT2D eigenvalue weighted by Crippen LogP contribution is 2.24. The molecular weight excluding hydrogens is 267 g/mol. The van der Waals surface area contributed by atoms with Crippen molar-refractivity contribution >= 4 is 0 Å². The van der Waals surface area contributed by atoms with Crippen molar-refractivity contribution < 1.29 is 9.50 Å². The number of aromatic nitrogens is 2. The van der Waals surface area contributed by atoms with E-state index in [9.17, 15) is 9.50 Å². The van der Waals surface area contributed by atoms with Crippen LogP contribution in [0.2, 0.25) is 0 Å². The molecule has 3 aromatic rings. The summed E-state index contributed by atoms with van der Waals surface area (Å²) in [6.45, 7) is 1.89. The summed E-state index contributed by atoms with van der Waals surface area (Å²) >= 11 is 0. The first-order chi connectivity index (χ1) is 10.2. The number of aryl methyl sites for hydroxylation is 1. The molecular formula is C17H15FN2O. The number of hydrogen-bond donors (Lipinski definition) is 1. The van der Waals surface area contributed by atoms with Crippen LogP contribution in [0.1, 0.15) is 11.1 Å². The van der Waals surface area contributed by atoms with Gasteiger partial charge in [0.1, 0.15) is 5.82 Å². The summed E-state index contributed by atoms with van der Waals surface area (Å²) < 4.78 is 14.8. The van der Waals surface area contributed by atoms with Crippen molar-refractivity contribution in [3.63, 3.8) is 0 Å². The van der Waals surface area contributed by atoms with Crippen LogP contribution in [0, 0.1) is 12.7 Å². The highest BCUT2D eigenvalue weighted by atomic mass is 19.1. The number of benzene rings is 2. The second-order valence-corrected chi connectivity index (χ2v) is 4.90. The number of nitrogens with zero attached hydrogens (tertiary/aromatic N) is 2. The predicted molar refractivity (Wildman–Crippen MR) is 79.6 cm³/mol. The molecule has 4 heteroatoms. The van der Waals surface area contributed by atoms with E-state index < -0.39 is 0 Å². The summed E-state index contributed by atoms with van der Waals surface area (Å²) in [7, 11) is 0. The third-order valence-electron chi connectivity index (χ3n) is 3.44. The summed E-state index contributed by atoms with van der Waals surface area (Å²) in [4.78, 5) is 0. The van der Waals surface area contributed by atoms with Crippen molar-refractivity contribution in [1.82, 2.24) is 9.78 Å². The Labute approximate surface area is 122 Å². The fourth-order valence-corrected chi connectivity index (χ4v) is 2.32. The van der Waals surface area contributed by atoms with Crippen LogP contribution in [-0.4, -0.2) is 14.9 Å². The van der Waals surface area contributed by atoms with Gasteiger partial charge in [-0.05, 0) is 42.8 Å². The molecule has 0 aliphatic rings. The number of rotatable bonds is 3. The lowest BCUT2D eigenvalue weighted by Crippen LogP contribution is -1.97. The van der Waals surface area contributed by atoms with Gasteiger partial charge in [-0.2, -0.15) is 5.10 Å². The number of halogens is 1. The Bertz CT molecular complexity index is 763. The molecule has 0 saturated heterocycles. The molecule has 0 unspecified atom stereocenters. The average molecular weight is 282 g/mol. The maximum atomic E-state index is 13.0. The van der Waals surface area contributed by atoms with E-state index in [-0.39, 0.29) is 12.4 Å². The Morgan fingerprint density at radius 2 is 1.81 bits per heavy atom. The third-order valence-corrected chi connectivity index (χ3v) is 3.44. The van der Waals surface area contributed by atoms with Crippen LogP contribution in [0.4, 0.5) is 4.39 Å². The van der Waals surface area contributed by atoms with E-state index in [0.717, 1.165) is 16.8 Å². The van der Waals surface area contributed by atoms with Gasteiger partial charge in [0.2, 0.25) is 0 Å². The van der Waals surface area contributed by atoms with Crippen molar-refractivity contribution in [3.05, 3.63) is 71.7 Å². The highest BCUT2D eigenvalue weighted by Gasteiger charge is 2.12. The molecule has 2 aromatic carbocycles. The van der Waals surface area contributed by atoms with Crippen LogP contribution < -0.4 is 0 Å². The average Bonchev–Trinajstić information content (AvgIpc) is 2.92. The molecule has 0 bridgehead atoms. The Kier molecular flexibility index (Phi) is 3.54. The minimum absolute atomic E-state index is 0.113. The quantitative estimate of drug-likeness (QED) is 0.798. The van der Waals surface area contributed by atoms with Gasteiger partial charge in [0.25, 0.3) is 0 Å². The van der Waals surface area contributed by atoms with Gasteiger partial charge >= 0.3 is 0 Å². The zero-order chi connectivity index (χ0) is 14.8. The number of hydrogen-bond acceptors (Lipinski definition) is 2. The fraction of sp³-hybridized carbons (Fsp3) is 0.118. The lowest BCUT2D eigenvalue weighted by molar-refractivity contribution is 0.282. The van der Waals surface area contributed by atoms with E-state index in [4.69, 9.17) is 0 Å². The molecule has 0 atom stereocenters. The van der Waals surface area contributed by atoms with E-state index in [1.165, 1.54) is 12.1 Å².